The van der Waals surface area contributed by atoms with Crippen molar-refractivity contribution >= 4 is 64.5 Å². The van der Waals surface area contributed by atoms with E-state index in [1.807, 2.05) is 0 Å². The molecular weight excluding hydrogens is 657 g/mol. The highest BCUT2D eigenvalue weighted by molar-refractivity contribution is 7.95. The van der Waals surface area contributed by atoms with Gasteiger partial charge in [0.05, 0.1) is 34.1 Å². The summed E-state index contributed by atoms with van der Waals surface area (Å²) in [7, 11) is -13.6. The number of aryl methyl sites for hydroxylation is 1. The van der Waals surface area contributed by atoms with E-state index in [2.05, 4.69) is 28.9 Å². The number of nitrogens with zero attached hydrogens (tertiary/aromatic N) is 4. The van der Waals surface area contributed by atoms with Crippen molar-refractivity contribution in [1.82, 2.24) is 9.78 Å². The van der Waals surface area contributed by atoms with E-state index < -0.39 is 47.9 Å². The second kappa shape index (κ2) is 12.6. The van der Waals surface area contributed by atoms with Gasteiger partial charge in [0.2, 0.25) is 5.88 Å². The molecule has 0 radical (unpaired) electrons. The van der Waals surface area contributed by atoms with Gasteiger partial charge in [-0.15, -0.1) is 14.6 Å². The van der Waals surface area contributed by atoms with E-state index in [-0.39, 0.29) is 43.2 Å². The molecule has 1 aromatic heterocycles. The number of aromatic nitrogens is 2. The Balaban J connectivity index is 1.64. The van der Waals surface area contributed by atoms with Crippen LogP contribution in [0, 0.1) is 6.92 Å². The average molecular weight is 677 g/mol. The smallest absolute Gasteiger partial charge is 0.398 e. The van der Waals surface area contributed by atoms with Gasteiger partial charge in [0, 0.05) is 10.8 Å². The number of aromatic hydroxyl groups is 1. The van der Waals surface area contributed by atoms with Gasteiger partial charge in [-0.25, -0.2) is 17.9 Å². The Bertz CT molecular complexity index is 2030. The van der Waals surface area contributed by atoms with E-state index in [0.717, 1.165) is 4.68 Å². The maximum Gasteiger partial charge on any atom is 0.398 e. The third-order valence-electron chi connectivity index (χ3n) is 5.58. The van der Waals surface area contributed by atoms with E-state index in [9.17, 15) is 34.9 Å². The fraction of sp³-hybridized carbons (Fsp3) is 0.136. The zero-order valence-electron chi connectivity index (χ0n) is 21.5. The molecule has 17 nitrogen and oxygen atoms in total. The monoisotopic (exact) mass is 676 g/mol. The number of hydrogen-bond acceptors (Lipinski definition) is 15. The molecule has 0 saturated heterocycles. The molecule has 0 aliphatic heterocycles. The standard InChI is InChI=1S/C22H20N4O13S4/c1-13-20(22(27)26(25-13)15-7-5-14(6-8-15)11-41(29,30)12-37-43(34,35)36)24-23-18-10-9-16-17(21(18)40-39-38-28)3-2-4-19(16)42(31,32)33/h2-10,27-28H,11-12H2,1H3,(H,31,32,33)(H,34,35,36)/b24-23+. The maximum absolute atomic E-state index is 12.1. The Morgan fingerprint density at radius 1 is 0.930 bits per heavy atom. The second-order valence-corrected chi connectivity index (χ2v) is 13.8. The van der Waals surface area contributed by atoms with Crippen LogP contribution >= 0.6 is 12.0 Å². The molecule has 0 spiro atoms. The van der Waals surface area contributed by atoms with Gasteiger partial charge in [-0.3, -0.25) is 9.11 Å². The summed E-state index contributed by atoms with van der Waals surface area (Å²) in [5, 5.41) is 35.9. The summed E-state index contributed by atoms with van der Waals surface area (Å²) in [5.41, 5.74) is 0.811. The fourth-order valence-corrected chi connectivity index (χ4v) is 6.92. The maximum atomic E-state index is 12.1. The molecular formula is C22H20N4O13S4. The van der Waals surface area contributed by atoms with Gasteiger partial charge in [-0.1, -0.05) is 35.4 Å². The minimum atomic E-state index is -4.93. The molecule has 0 unspecified atom stereocenters. The summed E-state index contributed by atoms with van der Waals surface area (Å²) in [6, 6.07) is 12.4. The van der Waals surface area contributed by atoms with E-state index in [1.165, 1.54) is 61.5 Å². The topological polar surface area (TPSA) is 254 Å². The predicted molar refractivity (Wildman–Crippen MR) is 149 cm³/mol. The molecule has 0 atom stereocenters. The van der Waals surface area contributed by atoms with Crippen LogP contribution in [-0.2, 0) is 49.7 Å². The van der Waals surface area contributed by atoms with Crippen molar-refractivity contribution in [3.05, 3.63) is 65.9 Å². The van der Waals surface area contributed by atoms with Crippen LogP contribution in [0.15, 0.2) is 74.6 Å². The van der Waals surface area contributed by atoms with Crippen LogP contribution in [0.3, 0.4) is 0 Å². The summed E-state index contributed by atoms with van der Waals surface area (Å²) in [5.74, 6) is -2.30. The zero-order valence-corrected chi connectivity index (χ0v) is 24.8. The summed E-state index contributed by atoms with van der Waals surface area (Å²) in [4.78, 5) is -0.247. The molecule has 0 saturated carbocycles. The Labute approximate surface area is 248 Å². The van der Waals surface area contributed by atoms with E-state index >= 15 is 0 Å². The Kier molecular flexibility index (Phi) is 9.51. The van der Waals surface area contributed by atoms with Gasteiger partial charge in [0.25, 0.3) is 10.1 Å². The SMILES string of the molecule is Cc1nn(-c2ccc(CS(=O)(=O)COS(=O)(=O)O)cc2)c(O)c1/N=N/c1ccc2c(S(=O)(=O)O)cccc2c1SOOO. The lowest BCUT2D eigenvalue weighted by Crippen LogP contribution is -2.15. The van der Waals surface area contributed by atoms with Crippen molar-refractivity contribution < 1.29 is 58.3 Å². The highest BCUT2D eigenvalue weighted by Gasteiger charge is 2.21. The fourth-order valence-electron chi connectivity index (χ4n) is 3.80. The zero-order chi connectivity index (χ0) is 31.6. The average Bonchev–Trinajstić information content (AvgIpc) is 3.21. The highest BCUT2D eigenvalue weighted by Crippen LogP contribution is 2.41. The van der Waals surface area contributed by atoms with Gasteiger partial charge in [-0.2, -0.15) is 26.6 Å². The first kappa shape index (κ1) is 32.4. The van der Waals surface area contributed by atoms with Crippen LogP contribution in [0.2, 0.25) is 0 Å². The minimum absolute atomic E-state index is 0.0592. The lowest BCUT2D eigenvalue weighted by atomic mass is 10.1. The number of fused-ring (bicyclic) bond motifs is 1. The van der Waals surface area contributed by atoms with Gasteiger partial charge in [-0.05, 0) is 36.8 Å². The van der Waals surface area contributed by atoms with Crippen molar-refractivity contribution in [2.45, 2.75) is 22.5 Å². The molecule has 4 N–H and O–H groups in total. The first-order valence-corrected chi connectivity index (χ1v) is 16.8. The second-order valence-electron chi connectivity index (χ2n) is 8.55. The third-order valence-corrected chi connectivity index (χ3v) is 9.04. The van der Waals surface area contributed by atoms with Crippen molar-refractivity contribution in [2.75, 3.05) is 5.94 Å². The molecule has 0 bridgehead atoms. The molecule has 3 aromatic carbocycles. The Morgan fingerprint density at radius 2 is 1.63 bits per heavy atom. The van der Waals surface area contributed by atoms with Crippen LogP contribution in [0.25, 0.3) is 16.5 Å². The number of benzene rings is 3. The first-order chi connectivity index (χ1) is 20.1. The Hall–Kier alpha value is -3.51. The molecule has 0 aliphatic rings. The van der Waals surface area contributed by atoms with Crippen LogP contribution in [0.1, 0.15) is 11.3 Å². The van der Waals surface area contributed by atoms with Gasteiger partial charge in [0.15, 0.2) is 21.5 Å². The quantitative estimate of drug-likeness (QED) is 0.0547. The van der Waals surface area contributed by atoms with Crippen molar-refractivity contribution in [1.29, 1.82) is 0 Å². The van der Waals surface area contributed by atoms with E-state index in [0.29, 0.717) is 17.7 Å². The van der Waals surface area contributed by atoms with Gasteiger partial charge < -0.3 is 5.11 Å². The molecule has 230 valence electrons. The van der Waals surface area contributed by atoms with Gasteiger partial charge >= 0.3 is 10.4 Å². The molecule has 0 aliphatic carbocycles. The number of hydrogen-bond donors (Lipinski definition) is 4. The van der Waals surface area contributed by atoms with E-state index in [1.54, 1.807) is 0 Å². The molecule has 4 rings (SSSR count). The largest absolute Gasteiger partial charge is 0.492 e. The molecule has 1 heterocycles. The molecule has 21 heteroatoms. The van der Waals surface area contributed by atoms with Crippen LogP contribution in [-0.4, -0.2) is 60.4 Å². The molecule has 0 fully saturated rings. The number of sulfone groups is 1. The summed E-state index contributed by atoms with van der Waals surface area (Å²) >= 11 is 0.472. The predicted octanol–water partition coefficient (Wildman–Crippen LogP) is 3.82. The lowest BCUT2D eigenvalue weighted by Gasteiger charge is -2.09. The van der Waals surface area contributed by atoms with Crippen LogP contribution in [0.5, 0.6) is 5.88 Å². The van der Waals surface area contributed by atoms with Crippen LogP contribution < -0.4 is 0 Å². The van der Waals surface area contributed by atoms with Crippen molar-refractivity contribution in [3.63, 3.8) is 0 Å². The van der Waals surface area contributed by atoms with Crippen LogP contribution in [0.4, 0.5) is 11.4 Å². The summed E-state index contributed by atoms with van der Waals surface area (Å²) in [6.45, 7) is 1.53. The van der Waals surface area contributed by atoms with Gasteiger partial charge in [0.1, 0.15) is 10.6 Å². The normalized spacial score (nSPS) is 12.8. The highest BCUT2D eigenvalue weighted by atomic mass is 32.3. The first-order valence-electron chi connectivity index (χ1n) is 11.4. The minimum Gasteiger partial charge on any atom is -0.492 e. The lowest BCUT2D eigenvalue weighted by molar-refractivity contribution is -0.432. The van der Waals surface area contributed by atoms with Crippen molar-refractivity contribution in [3.8, 4) is 11.6 Å². The Morgan fingerprint density at radius 3 is 2.26 bits per heavy atom. The number of azo groups is 1. The number of rotatable bonds is 12. The van der Waals surface area contributed by atoms with E-state index in [4.69, 9.17) is 9.81 Å². The third kappa shape index (κ3) is 7.91. The molecule has 43 heavy (non-hydrogen) atoms. The molecule has 4 aromatic rings. The molecule has 0 amide bonds. The summed E-state index contributed by atoms with van der Waals surface area (Å²) < 4.78 is 96.8. The summed E-state index contributed by atoms with van der Waals surface area (Å²) in [6.07, 6.45) is 0. The van der Waals surface area contributed by atoms with Crippen molar-refractivity contribution in [2.24, 2.45) is 10.2 Å².